The molecule has 2 aliphatic heterocycles. The zero-order valence-corrected chi connectivity index (χ0v) is 15.8. The highest BCUT2D eigenvalue weighted by Crippen LogP contribution is 2.26. The van der Waals surface area contributed by atoms with Gasteiger partial charge in [-0.1, -0.05) is 17.9 Å². The van der Waals surface area contributed by atoms with Crippen LogP contribution in [-0.4, -0.2) is 55.9 Å². The Labute approximate surface area is 167 Å². The number of carbonyl (C=O) groups excluding carboxylic acids is 2. The summed E-state index contributed by atoms with van der Waals surface area (Å²) >= 11 is 0. The zero-order chi connectivity index (χ0) is 20.8. The van der Waals surface area contributed by atoms with Crippen LogP contribution in [0.3, 0.4) is 0 Å². The Balaban J connectivity index is 1.63. The molecule has 5 N–H and O–H groups in total. The molecule has 3 heterocycles. The molecule has 0 bridgehead atoms. The van der Waals surface area contributed by atoms with Gasteiger partial charge >= 0.3 is 0 Å². The predicted molar refractivity (Wildman–Crippen MR) is 103 cm³/mol. The molecule has 0 radical (unpaired) electrons. The summed E-state index contributed by atoms with van der Waals surface area (Å²) in [6, 6.07) is 7.05. The molecule has 150 valence electrons. The Kier molecular flexibility index (Phi) is 4.62. The van der Waals surface area contributed by atoms with Gasteiger partial charge in [-0.25, -0.2) is 4.68 Å². The van der Waals surface area contributed by atoms with Gasteiger partial charge in [0.05, 0.1) is 5.69 Å². The lowest BCUT2D eigenvalue weighted by atomic mass is 9.98. The number of aliphatic hydroxyl groups is 2. The van der Waals surface area contributed by atoms with Gasteiger partial charge in [0.15, 0.2) is 5.60 Å². The van der Waals surface area contributed by atoms with E-state index in [1.165, 1.54) is 9.58 Å². The van der Waals surface area contributed by atoms with Gasteiger partial charge in [-0.05, 0) is 18.2 Å². The lowest BCUT2D eigenvalue weighted by Gasteiger charge is -2.17. The summed E-state index contributed by atoms with van der Waals surface area (Å²) in [6.45, 7) is 0.770. The van der Waals surface area contributed by atoms with Crippen molar-refractivity contribution in [3.05, 3.63) is 46.8 Å². The second-order valence-corrected chi connectivity index (χ2v) is 7.29. The van der Waals surface area contributed by atoms with Crippen LogP contribution in [-0.2, 0) is 11.3 Å². The van der Waals surface area contributed by atoms with E-state index in [4.69, 9.17) is 5.73 Å². The number of benzene rings is 1. The summed E-state index contributed by atoms with van der Waals surface area (Å²) in [5.41, 5.74) is 6.53. The van der Waals surface area contributed by atoms with Gasteiger partial charge < -0.3 is 26.2 Å². The first-order chi connectivity index (χ1) is 13.8. The second kappa shape index (κ2) is 7.00. The third-order valence-electron chi connectivity index (χ3n) is 5.25. The number of nitrogens with one attached hydrogen (secondary N) is 1. The van der Waals surface area contributed by atoms with Crippen LogP contribution in [0.4, 0.5) is 0 Å². The van der Waals surface area contributed by atoms with Gasteiger partial charge in [0.25, 0.3) is 11.8 Å². The molecule has 2 aromatic rings. The predicted octanol–water partition coefficient (Wildman–Crippen LogP) is -0.600. The van der Waals surface area contributed by atoms with E-state index in [1.807, 2.05) is 0 Å². The van der Waals surface area contributed by atoms with E-state index in [2.05, 4.69) is 22.3 Å². The van der Waals surface area contributed by atoms with Crippen molar-refractivity contribution in [1.29, 1.82) is 0 Å². The fourth-order valence-electron chi connectivity index (χ4n) is 3.64. The third-order valence-corrected chi connectivity index (χ3v) is 5.25. The van der Waals surface area contributed by atoms with Crippen molar-refractivity contribution in [3.8, 4) is 17.5 Å². The lowest BCUT2D eigenvalue weighted by Crippen LogP contribution is -2.38. The Hall–Kier alpha value is -3.19. The maximum Gasteiger partial charge on any atom is 0.270 e. The average Bonchev–Trinajstić information content (AvgIpc) is 3.33. The Morgan fingerprint density at radius 1 is 1.41 bits per heavy atom. The minimum Gasteiger partial charge on any atom is -0.379 e. The highest BCUT2D eigenvalue weighted by molar-refractivity contribution is 5.97. The summed E-state index contributed by atoms with van der Waals surface area (Å²) in [7, 11) is 1.66. The number of aliphatic hydroxyl groups excluding tert-OH is 1. The standard InChI is InChI=1S/C20H21N5O4/c1-24-9-8-20(29,19(24)28)7-3-5-12-4-2-6-13(10-12)25-16-14(11-22-18(16)27)15(23-25)17(21)26/h2,4,6,10,17,26,29H,7-9,11,21H2,1H3,(H,22,27). The SMILES string of the molecule is CN1CCC(O)(CC#Cc2cccc(-n3nc(C(N)O)c4c3C(=O)NC4)c2)C1=O. The summed E-state index contributed by atoms with van der Waals surface area (Å²) in [5.74, 6) is 5.23. The number of fused-ring (bicyclic) bond motifs is 1. The number of aromatic nitrogens is 2. The fourth-order valence-corrected chi connectivity index (χ4v) is 3.64. The lowest BCUT2D eigenvalue weighted by molar-refractivity contribution is -0.141. The molecule has 2 amide bonds. The van der Waals surface area contributed by atoms with E-state index in [-0.39, 0.29) is 30.5 Å². The van der Waals surface area contributed by atoms with Crippen molar-refractivity contribution in [1.82, 2.24) is 20.0 Å². The van der Waals surface area contributed by atoms with Crippen molar-refractivity contribution in [2.45, 2.75) is 31.2 Å². The van der Waals surface area contributed by atoms with Crippen LogP contribution in [0.5, 0.6) is 0 Å². The van der Waals surface area contributed by atoms with E-state index in [0.29, 0.717) is 35.5 Å². The van der Waals surface area contributed by atoms with Gasteiger partial charge in [0.2, 0.25) is 0 Å². The maximum absolute atomic E-state index is 12.2. The Morgan fingerprint density at radius 2 is 2.21 bits per heavy atom. The van der Waals surface area contributed by atoms with Crippen molar-refractivity contribution in [2.75, 3.05) is 13.6 Å². The molecule has 1 aromatic heterocycles. The quantitative estimate of drug-likeness (QED) is 0.405. The number of likely N-dealkylation sites (tertiary alicyclic amines) is 1. The van der Waals surface area contributed by atoms with Crippen LogP contribution in [0.1, 0.15) is 46.4 Å². The van der Waals surface area contributed by atoms with E-state index in [9.17, 15) is 19.8 Å². The first-order valence-corrected chi connectivity index (χ1v) is 9.21. The van der Waals surface area contributed by atoms with Crippen LogP contribution < -0.4 is 11.1 Å². The fraction of sp³-hybridized carbons (Fsp3) is 0.350. The molecule has 2 aliphatic rings. The average molecular weight is 395 g/mol. The van der Waals surface area contributed by atoms with E-state index < -0.39 is 11.8 Å². The van der Waals surface area contributed by atoms with Gasteiger partial charge in [-0.15, -0.1) is 0 Å². The molecule has 0 saturated carbocycles. The molecule has 0 aliphatic carbocycles. The monoisotopic (exact) mass is 395 g/mol. The molecule has 1 saturated heterocycles. The zero-order valence-electron chi connectivity index (χ0n) is 15.8. The Morgan fingerprint density at radius 3 is 2.90 bits per heavy atom. The number of amides is 2. The summed E-state index contributed by atoms with van der Waals surface area (Å²) in [5, 5.41) is 27.2. The summed E-state index contributed by atoms with van der Waals surface area (Å²) in [4.78, 5) is 25.7. The molecule has 9 nitrogen and oxygen atoms in total. The van der Waals surface area contributed by atoms with Crippen LogP contribution in [0.25, 0.3) is 5.69 Å². The number of carbonyl (C=O) groups is 2. The second-order valence-electron chi connectivity index (χ2n) is 7.29. The minimum absolute atomic E-state index is 0.0451. The highest BCUT2D eigenvalue weighted by atomic mass is 16.3. The van der Waals surface area contributed by atoms with E-state index >= 15 is 0 Å². The molecule has 1 fully saturated rings. The van der Waals surface area contributed by atoms with Crippen LogP contribution >= 0.6 is 0 Å². The van der Waals surface area contributed by atoms with Crippen molar-refractivity contribution < 1.29 is 19.8 Å². The highest BCUT2D eigenvalue weighted by Gasteiger charge is 2.42. The van der Waals surface area contributed by atoms with Crippen LogP contribution in [0, 0.1) is 11.8 Å². The van der Waals surface area contributed by atoms with Gasteiger partial charge in [0.1, 0.15) is 17.6 Å². The normalized spacial score (nSPS) is 21.6. The minimum atomic E-state index is -1.44. The van der Waals surface area contributed by atoms with Crippen molar-refractivity contribution in [3.63, 3.8) is 0 Å². The number of hydrogen-bond donors (Lipinski definition) is 4. The number of nitrogens with zero attached hydrogens (tertiary/aromatic N) is 3. The van der Waals surface area contributed by atoms with E-state index in [0.717, 1.165) is 0 Å². The number of nitrogens with two attached hydrogens (primary N) is 1. The third kappa shape index (κ3) is 3.27. The Bertz CT molecular complexity index is 1060. The summed E-state index contributed by atoms with van der Waals surface area (Å²) in [6.07, 6.45) is -0.886. The topological polar surface area (TPSA) is 134 Å². The van der Waals surface area contributed by atoms with Crippen LogP contribution in [0.2, 0.25) is 0 Å². The maximum atomic E-state index is 12.2. The van der Waals surface area contributed by atoms with Gasteiger partial charge in [-0.2, -0.15) is 5.10 Å². The molecule has 2 atom stereocenters. The molecular formula is C20H21N5O4. The molecule has 29 heavy (non-hydrogen) atoms. The van der Waals surface area contributed by atoms with E-state index in [1.54, 1.807) is 31.3 Å². The molecule has 1 aromatic carbocycles. The molecule has 0 spiro atoms. The number of likely N-dealkylation sites (N-methyl/N-ethyl adjacent to an activating group) is 1. The molecule has 4 rings (SSSR count). The summed E-state index contributed by atoms with van der Waals surface area (Å²) < 4.78 is 1.44. The first kappa shape index (κ1) is 19.1. The van der Waals surface area contributed by atoms with Gasteiger partial charge in [0, 0.05) is 44.1 Å². The first-order valence-electron chi connectivity index (χ1n) is 9.21. The van der Waals surface area contributed by atoms with Crippen molar-refractivity contribution in [2.24, 2.45) is 5.73 Å². The smallest absolute Gasteiger partial charge is 0.270 e. The van der Waals surface area contributed by atoms with Crippen LogP contribution in [0.15, 0.2) is 24.3 Å². The van der Waals surface area contributed by atoms with Crippen molar-refractivity contribution >= 4 is 11.8 Å². The molecular weight excluding hydrogens is 374 g/mol. The number of hydrogen-bond acceptors (Lipinski definition) is 6. The number of rotatable bonds is 3. The van der Waals surface area contributed by atoms with Gasteiger partial charge in [-0.3, -0.25) is 9.59 Å². The molecule has 2 unspecified atom stereocenters. The largest absolute Gasteiger partial charge is 0.379 e. The molecule has 9 heteroatoms.